The number of benzene rings is 2. The van der Waals surface area contributed by atoms with Gasteiger partial charge in [0.05, 0.1) is 0 Å². The Hall–Kier alpha value is -2.09. The SMILES string of the molecule is CCN(CC)c1ccc(-c2ccccc2C=O)cc1. The lowest BCUT2D eigenvalue weighted by Gasteiger charge is -2.21. The summed E-state index contributed by atoms with van der Waals surface area (Å²) in [4.78, 5) is 13.4. The average molecular weight is 253 g/mol. The van der Waals surface area contributed by atoms with E-state index in [1.165, 1.54) is 5.69 Å². The van der Waals surface area contributed by atoms with Crippen LogP contribution >= 0.6 is 0 Å². The van der Waals surface area contributed by atoms with Gasteiger partial charge in [0.2, 0.25) is 0 Å². The summed E-state index contributed by atoms with van der Waals surface area (Å²) in [5.41, 5.74) is 4.03. The Kier molecular flexibility index (Phi) is 4.35. The second-order valence-electron chi connectivity index (χ2n) is 4.42. The normalized spacial score (nSPS) is 10.2. The van der Waals surface area contributed by atoms with E-state index >= 15 is 0 Å². The first-order valence-corrected chi connectivity index (χ1v) is 6.69. The molecule has 2 aromatic rings. The molecule has 98 valence electrons. The van der Waals surface area contributed by atoms with Gasteiger partial charge in [0.25, 0.3) is 0 Å². The fourth-order valence-corrected chi connectivity index (χ4v) is 2.30. The second-order valence-corrected chi connectivity index (χ2v) is 4.42. The standard InChI is InChI=1S/C17H19NO/c1-3-18(4-2)16-11-9-14(10-12-16)17-8-6-5-7-15(17)13-19/h5-13H,3-4H2,1-2H3. The largest absolute Gasteiger partial charge is 0.372 e. The molecule has 0 spiro atoms. The number of anilines is 1. The molecule has 0 aromatic heterocycles. The Labute approximate surface area is 114 Å². The minimum Gasteiger partial charge on any atom is -0.372 e. The van der Waals surface area contributed by atoms with Crippen LogP contribution in [0.4, 0.5) is 5.69 Å². The molecule has 0 aliphatic carbocycles. The molecule has 0 atom stereocenters. The summed E-state index contributed by atoms with van der Waals surface area (Å²) in [6.07, 6.45) is 0.910. The van der Waals surface area contributed by atoms with Crippen LogP contribution in [-0.2, 0) is 0 Å². The van der Waals surface area contributed by atoms with Crippen molar-refractivity contribution in [3.63, 3.8) is 0 Å². The lowest BCUT2D eigenvalue weighted by molar-refractivity contribution is 0.112. The summed E-state index contributed by atoms with van der Waals surface area (Å²) in [5.74, 6) is 0. The number of carbonyl (C=O) groups is 1. The number of hydrogen-bond donors (Lipinski definition) is 0. The number of carbonyl (C=O) groups excluding carboxylic acids is 1. The fourth-order valence-electron chi connectivity index (χ4n) is 2.30. The van der Waals surface area contributed by atoms with Crippen LogP contribution in [0.2, 0.25) is 0 Å². The van der Waals surface area contributed by atoms with Crippen molar-refractivity contribution in [2.75, 3.05) is 18.0 Å². The first-order chi connectivity index (χ1) is 9.30. The average Bonchev–Trinajstić information content (AvgIpc) is 2.49. The Morgan fingerprint density at radius 1 is 0.947 bits per heavy atom. The highest BCUT2D eigenvalue weighted by atomic mass is 16.1. The molecule has 2 aromatic carbocycles. The molecule has 0 aliphatic heterocycles. The van der Waals surface area contributed by atoms with Gasteiger partial charge in [0, 0.05) is 24.3 Å². The number of nitrogens with zero attached hydrogens (tertiary/aromatic N) is 1. The second kappa shape index (κ2) is 6.19. The fraction of sp³-hybridized carbons (Fsp3) is 0.235. The molecule has 0 heterocycles. The van der Waals surface area contributed by atoms with E-state index in [0.29, 0.717) is 0 Å². The van der Waals surface area contributed by atoms with Crippen LogP contribution in [0.1, 0.15) is 24.2 Å². The van der Waals surface area contributed by atoms with Crippen molar-refractivity contribution >= 4 is 12.0 Å². The van der Waals surface area contributed by atoms with E-state index in [-0.39, 0.29) is 0 Å². The van der Waals surface area contributed by atoms with Gasteiger partial charge < -0.3 is 4.90 Å². The maximum Gasteiger partial charge on any atom is 0.150 e. The Bertz CT molecular complexity index is 541. The molecule has 0 saturated heterocycles. The highest BCUT2D eigenvalue weighted by molar-refractivity contribution is 5.87. The third kappa shape index (κ3) is 2.84. The van der Waals surface area contributed by atoms with Gasteiger partial charge in [-0.15, -0.1) is 0 Å². The molecule has 0 bridgehead atoms. The third-order valence-corrected chi connectivity index (χ3v) is 3.39. The highest BCUT2D eigenvalue weighted by Crippen LogP contribution is 2.25. The van der Waals surface area contributed by atoms with Crippen LogP contribution in [0, 0.1) is 0 Å². The molecule has 19 heavy (non-hydrogen) atoms. The van der Waals surface area contributed by atoms with E-state index in [0.717, 1.165) is 36.1 Å². The van der Waals surface area contributed by atoms with Crippen molar-refractivity contribution in [2.24, 2.45) is 0 Å². The number of rotatable bonds is 5. The van der Waals surface area contributed by atoms with Crippen LogP contribution in [0.5, 0.6) is 0 Å². The molecular weight excluding hydrogens is 234 g/mol. The predicted molar refractivity (Wildman–Crippen MR) is 80.8 cm³/mol. The van der Waals surface area contributed by atoms with Gasteiger partial charge in [0.1, 0.15) is 0 Å². The van der Waals surface area contributed by atoms with Gasteiger partial charge in [-0.05, 0) is 37.1 Å². The molecular formula is C17H19NO. The smallest absolute Gasteiger partial charge is 0.150 e. The first-order valence-electron chi connectivity index (χ1n) is 6.69. The minimum atomic E-state index is 0.734. The summed E-state index contributed by atoms with van der Waals surface area (Å²) in [6, 6.07) is 16.1. The lowest BCUT2D eigenvalue weighted by Crippen LogP contribution is -2.21. The van der Waals surface area contributed by atoms with Crippen molar-refractivity contribution in [3.05, 3.63) is 54.1 Å². The quantitative estimate of drug-likeness (QED) is 0.750. The molecule has 0 N–H and O–H groups in total. The van der Waals surface area contributed by atoms with Gasteiger partial charge >= 0.3 is 0 Å². The van der Waals surface area contributed by atoms with E-state index < -0.39 is 0 Å². The van der Waals surface area contributed by atoms with Gasteiger partial charge in [-0.1, -0.05) is 36.4 Å². The molecule has 2 rings (SSSR count). The van der Waals surface area contributed by atoms with Crippen LogP contribution < -0.4 is 4.90 Å². The Morgan fingerprint density at radius 3 is 2.16 bits per heavy atom. The lowest BCUT2D eigenvalue weighted by atomic mass is 10.0. The van der Waals surface area contributed by atoms with Crippen LogP contribution in [0.25, 0.3) is 11.1 Å². The zero-order valence-electron chi connectivity index (χ0n) is 11.5. The van der Waals surface area contributed by atoms with Crippen molar-refractivity contribution in [1.29, 1.82) is 0 Å². The summed E-state index contributed by atoms with van der Waals surface area (Å²) in [5, 5.41) is 0. The van der Waals surface area contributed by atoms with E-state index in [2.05, 4.69) is 43.0 Å². The van der Waals surface area contributed by atoms with Crippen LogP contribution in [0.15, 0.2) is 48.5 Å². The van der Waals surface area contributed by atoms with Crippen LogP contribution in [-0.4, -0.2) is 19.4 Å². The van der Waals surface area contributed by atoms with Crippen LogP contribution in [0.3, 0.4) is 0 Å². The Morgan fingerprint density at radius 2 is 1.58 bits per heavy atom. The van der Waals surface area contributed by atoms with E-state index in [4.69, 9.17) is 0 Å². The Balaban J connectivity index is 2.35. The van der Waals surface area contributed by atoms with Crippen molar-refractivity contribution < 1.29 is 4.79 Å². The maximum atomic E-state index is 11.1. The first kappa shape index (κ1) is 13.3. The molecule has 0 radical (unpaired) electrons. The van der Waals surface area contributed by atoms with Gasteiger partial charge in [-0.25, -0.2) is 0 Å². The summed E-state index contributed by atoms with van der Waals surface area (Å²) >= 11 is 0. The van der Waals surface area contributed by atoms with Crippen molar-refractivity contribution in [2.45, 2.75) is 13.8 Å². The monoisotopic (exact) mass is 253 g/mol. The predicted octanol–water partition coefficient (Wildman–Crippen LogP) is 4.01. The maximum absolute atomic E-state index is 11.1. The zero-order valence-corrected chi connectivity index (χ0v) is 11.5. The number of aldehydes is 1. The molecule has 2 nitrogen and oxygen atoms in total. The molecule has 2 heteroatoms. The van der Waals surface area contributed by atoms with E-state index in [9.17, 15) is 4.79 Å². The summed E-state index contributed by atoms with van der Waals surface area (Å²) < 4.78 is 0. The van der Waals surface area contributed by atoms with Gasteiger partial charge in [0.15, 0.2) is 6.29 Å². The van der Waals surface area contributed by atoms with Crippen molar-refractivity contribution in [1.82, 2.24) is 0 Å². The minimum absolute atomic E-state index is 0.734. The summed E-state index contributed by atoms with van der Waals surface area (Å²) in [7, 11) is 0. The molecule has 0 amide bonds. The third-order valence-electron chi connectivity index (χ3n) is 3.39. The van der Waals surface area contributed by atoms with Gasteiger partial charge in [-0.3, -0.25) is 4.79 Å². The number of hydrogen-bond acceptors (Lipinski definition) is 2. The van der Waals surface area contributed by atoms with Gasteiger partial charge in [-0.2, -0.15) is 0 Å². The topological polar surface area (TPSA) is 20.3 Å². The summed E-state index contributed by atoms with van der Waals surface area (Å²) in [6.45, 7) is 6.31. The molecule has 0 unspecified atom stereocenters. The van der Waals surface area contributed by atoms with Crippen molar-refractivity contribution in [3.8, 4) is 11.1 Å². The zero-order chi connectivity index (χ0) is 13.7. The van der Waals surface area contributed by atoms with E-state index in [1.54, 1.807) is 0 Å². The molecule has 0 aliphatic rings. The highest BCUT2D eigenvalue weighted by Gasteiger charge is 2.05. The molecule has 0 saturated carbocycles. The van der Waals surface area contributed by atoms with E-state index in [1.807, 2.05) is 24.3 Å². The molecule has 0 fully saturated rings.